The Bertz CT molecular complexity index is 1200. The van der Waals surface area contributed by atoms with Gasteiger partial charge in [-0.3, -0.25) is 10.1 Å². The fourth-order valence-corrected chi connectivity index (χ4v) is 4.15. The Morgan fingerprint density at radius 1 is 1.35 bits per heavy atom. The van der Waals surface area contributed by atoms with E-state index in [4.69, 9.17) is 27.8 Å². The monoisotopic (exact) mass is 490 g/mol. The fourth-order valence-electron chi connectivity index (χ4n) is 3.99. The molecule has 1 spiro atoms. The Morgan fingerprint density at radius 2 is 2.15 bits per heavy atom. The average molecular weight is 491 g/mol. The first-order valence-electron chi connectivity index (χ1n) is 10.2. The van der Waals surface area contributed by atoms with Crippen LogP contribution in [0.5, 0.6) is 0 Å². The van der Waals surface area contributed by atoms with Gasteiger partial charge in [0.25, 0.3) is 5.91 Å². The summed E-state index contributed by atoms with van der Waals surface area (Å²) >= 11 is 5.97. The molecule has 9 nitrogen and oxygen atoms in total. The molecule has 3 heterocycles. The molecule has 2 amide bonds. The summed E-state index contributed by atoms with van der Waals surface area (Å²) in [6.45, 7) is 0.471. The second kappa shape index (κ2) is 9.18. The molecule has 178 valence electrons. The fraction of sp³-hybridized carbons (Fsp3) is 0.227. The highest BCUT2D eigenvalue weighted by Gasteiger charge is 2.49. The molecule has 2 aliphatic heterocycles. The number of carbonyl (C=O) groups is 2. The molecule has 1 aromatic carbocycles. The van der Waals surface area contributed by atoms with E-state index >= 15 is 0 Å². The van der Waals surface area contributed by atoms with E-state index in [1.807, 2.05) is 0 Å². The molecule has 1 aromatic heterocycles. The number of benzene rings is 1. The molecule has 2 aromatic rings. The van der Waals surface area contributed by atoms with Gasteiger partial charge in [-0.2, -0.15) is 4.39 Å². The van der Waals surface area contributed by atoms with Crippen LogP contribution in [0.3, 0.4) is 0 Å². The van der Waals surface area contributed by atoms with E-state index in [-0.39, 0.29) is 47.2 Å². The van der Waals surface area contributed by atoms with E-state index in [2.05, 4.69) is 15.6 Å². The number of carbonyl (C=O) groups excluding carboxylic acids is 2. The average Bonchev–Trinajstić information content (AvgIpc) is 3.22. The van der Waals surface area contributed by atoms with Crippen LogP contribution in [0.1, 0.15) is 17.5 Å². The molecule has 34 heavy (non-hydrogen) atoms. The lowest BCUT2D eigenvalue weighted by Gasteiger charge is -2.36. The number of ether oxygens (including phenoxy) is 1. The third-order valence-corrected chi connectivity index (χ3v) is 5.95. The van der Waals surface area contributed by atoms with Gasteiger partial charge in [0, 0.05) is 31.9 Å². The molecule has 4 rings (SSSR count). The summed E-state index contributed by atoms with van der Waals surface area (Å²) in [4.78, 5) is 29.8. The normalized spacial score (nSPS) is 20.1. The Hall–Kier alpha value is -3.86. The predicted molar refractivity (Wildman–Crippen MR) is 120 cm³/mol. The third-order valence-electron chi connectivity index (χ3n) is 5.66. The molecular formula is C22H21ClF2N6O3. The van der Waals surface area contributed by atoms with E-state index < -0.39 is 29.4 Å². The van der Waals surface area contributed by atoms with Crippen LogP contribution >= 0.6 is 11.6 Å². The van der Waals surface area contributed by atoms with Gasteiger partial charge in [-0.25, -0.2) is 14.2 Å². The summed E-state index contributed by atoms with van der Waals surface area (Å²) < 4.78 is 33.4. The maximum absolute atomic E-state index is 14.9. The summed E-state index contributed by atoms with van der Waals surface area (Å²) in [5, 5.41) is 5.03. The summed E-state index contributed by atoms with van der Waals surface area (Å²) in [5.41, 5.74) is 11.6. The number of nitrogens with two attached hydrogens (primary N) is 2. The molecule has 0 aliphatic carbocycles. The highest BCUT2D eigenvalue weighted by molar-refractivity contribution is 6.31. The van der Waals surface area contributed by atoms with Crippen LogP contribution in [0.4, 0.5) is 19.3 Å². The van der Waals surface area contributed by atoms with Crippen LogP contribution in [-0.4, -0.2) is 35.0 Å². The van der Waals surface area contributed by atoms with Crippen LogP contribution in [0.15, 0.2) is 54.1 Å². The van der Waals surface area contributed by atoms with Crippen molar-refractivity contribution >= 4 is 29.3 Å². The minimum atomic E-state index is -1.30. The van der Waals surface area contributed by atoms with E-state index in [0.717, 1.165) is 6.20 Å². The maximum Gasteiger partial charge on any atom is 0.412 e. The van der Waals surface area contributed by atoms with E-state index in [9.17, 15) is 18.4 Å². The predicted octanol–water partition coefficient (Wildman–Crippen LogP) is 2.44. The lowest BCUT2D eigenvalue weighted by atomic mass is 9.89. The van der Waals surface area contributed by atoms with Crippen molar-refractivity contribution in [1.29, 1.82) is 0 Å². The number of anilines is 1. The lowest BCUT2D eigenvalue weighted by molar-refractivity contribution is -0.117. The third kappa shape index (κ3) is 4.46. The molecule has 12 heteroatoms. The van der Waals surface area contributed by atoms with Gasteiger partial charge in [0.1, 0.15) is 0 Å². The van der Waals surface area contributed by atoms with Crippen LogP contribution in [0.25, 0.3) is 0 Å². The van der Waals surface area contributed by atoms with Gasteiger partial charge in [0.2, 0.25) is 5.95 Å². The number of halogens is 3. The number of nitrogens with one attached hydrogen (secondary N) is 2. The van der Waals surface area contributed by atoms with Crippen molar-refractivity contribution in [3.05, 3.63) is 82.0 Å². The van der Waals surface area contributed by atoms with Gasteiger partial charge in [-0.1, -0.05) is 17.7 Å². The summed E-state index contributed by atoms with van der Waals surface area (Å²) in [6.07, 6.45) is 3.31. The van der Waals surface area contributed by atoms with Gasteiger partial charge in [0.15, 0.2) is 11.4 Å². The van der Waals surface area contributed by atoms with Crippen molar-refractivity contribution in [1.82, 2.24) is 15.2 Å². The van der Waals surface area contributed by atoms with Crippen LogP contribution < -0.4 is 22.1 Å². The highest BCUT2D eigenvalue weighted by atomic mass is 35.5. The minimum Gasteiger partial charge on any atom is -0.436 e. The number of nitrogens with zero attached hydrogens (tertiary/aromatic N) is 2. The number of amides is 2. The molecule has 0 radical (unpaired) electrons. The minimum absolute atomic E-state index is 0.0493. The van der Waals surface area contributed by atoms with Crippen molar-refractivity contribution in [3.63, 3.8) is 0 Å². The second-order valence-corrected chi connectivity index (χ2v) is 8.23. The summed E-state index contributed by atoms with van der Waals surface area (Å²) in [7, 11) is 0. The van der Waals surface area contributed by atoms with Crippen LogP contribution in [0.2, 0.25) is 5.02 Å². The Labute approximate surface area is 198 Å². The van der Waals surface area contributed by atoms with Gasteiger partial charge >= 0.3 is 6.09 Å². The number of hydrogen-bond acceptors (Lipinski definition) is 7. The van der Waals surface area contributed by atoms with Crippen molar-refractivity contribution in [3.8, 4) is 0 Å². The number of likely N-dealkylation sites (tertiary alicyclic amines) is 1. The zero-order chi connectivity index (χ0) is 24.5. The number of hydrogen-bond donors (Lipinski definition) is 4. The number of rotatable bonds is 5. The highest BCUT2D eigenvalue weighted by Crippen LogP contribution is 2.45. The molecule has 0 unspecified atom stereocenters. The SMILES string of the molecule is N/C=C(\C=C(/N)N1CC[C@]2(C1)OC(=O)Nc1ccc(Cl)c(F)c12)C(=O)NCc1ccc(F)nc1. The quantitative estimate of drug-likeness (QED) is 0.287. The molecule has 1 fully saturated rings. The van der Waals surface area contributed by atoms with Crippen LogP contribution in [0, 0.1) is 11.8 Å². The van der Waals surface area contributed by atoms with Gasteiger partial charge < -0.3 is 26.4 Å². The molecule has 0 saturated carbocycles. The van der Waals surface area contributed by atoms with Gasteiger partial charge in [-0.05, 0) is 29.8 Å². The standard InChI is InChI=1S/C22H21ClF2N6O3/c23-14-2-3-15-18(19(14)25)22(34-21(33)30-15)5-6-31(11-22)17(27)7-13(8-26)20(32)29-10-12-1-4-16(24)28-9-12/h1-4,7-9H,5-6,10-11,26-27H2,(H,29,32)(H,30,33)/b13-8+,17-7+/t22-/m1/s1. The number of fused-ring (bicyclic) bond motifs is 2. The first-order chi connectivity index (χ1) is 16.2. The molecule has 1 atom stereocenters. The van der Waals surface area contributed by atoms with Crippen molar-refractivity contribution < 1.29 is 23.1 Å². The van der Waals surface area contributed by atoms with Crippen molar-refractivity contribution in [2.45, 2.75) is 18.6 Å². The molecule has 6 N–H and O–H groups in total. The maximum atomic E-state index is 14.9. The Kier molecular flexibility index (Phi) is 6.29. The van der Waals surface area contributed by atoms with Gasteiger partial charge in [0.05, 0.1) is 34.2 Å². The topological polar surface area (TPSA) is 136 Å². The van der Waals surface area contributed by atoms with E-state index in [0.29, 0.717) is 12.1 Å². The smallest absolute Gasteiger partial charge is 0.412 e. The zero-order valence-corrected chi connectivity index (χ0v) is 18.5. The molecule has 1 saturated heterocycles. The summed E-state index contributed by atoms with van der Waals surface area (Å²) in [5.74, 6) is -1.65. The zero-order valence-electron chi connectivity index (χ0n) is 17.8. The summed E-state index contributed by atoms with van der Waals surface area (Å²) in [6, 6.07) is 5.55. The lowest BCUT2D eigenvalue weighted by Crippen LogP contribution is -2.43. The number of pyridine rings is 1. The molecule has 2 aliphatic rings. The molecule has 0 bridgehead atoms. The van der Waals surface area contributed by atoms with E-state index in [1.165, 1.54) is 36.5 Å². The Balaban J connectivity index is 1.50. The van der Waals surface area contributed by atoms with E-state index in [1.54, 1.807) is 4.90 Å². The first-order valence-corrected chi connectivity index (χ1v) is 10.6. The first kappa shape index (κ1) is 23.3. The van der Waals surface area contributed by atoms with Crippen LogP contribution in [-0.2, 0) is 21.7 Å². The second-order valence-electron chi connectivity index (χ2n) is 7.83. The largest absolute Gasteiger partial charge is 0.436 e. The Morgan fingerprint density at radius 3 is 2.85 bits per heavy atom. The van der Waals surface area contributed by atoms with Crippen molar-refractivity contribution in [2.75, 3.05) is 18.4 Å². The van der Waals surface area contributed by atoms with Gasteiger partial charge in [-0.15, -0.1) is 0 Å². The molecular weight excluding hydrogens is 470 g/mol. The number of aromatic nitrogens is 1. The van der Waals surface area contributed by atoms with Crippen molar-refractivity contribution in [2.24, 2.45) is 11.5 Å².